The number of anilines is 1. The summed E-state index contributed by atoms with van der Waals surface area (Å²) in [5.74, 6) is 1.17. The first-order valence-corrected chi connectivity index (χ1v) is 17.8. The Morgan fingerprint density at radius 2 is 1.55 bits per heavy atom. The average molecular weight is 672 g/mol. The van der Waals surface area contributed by atoms with Gasteiger partial charge >= 0.3 is 6.09 Å². The number of hydrogen-bond acceptors (Lipinski definition) is 7. The van der Waals surface area contributed by atoms with Crippen LogP contribution in [-0.2, 0) is 36.7 Å². The summed E-state index contributed by atoms with van der Waals surface area (Å²) in [6.45, 7) is 7.21. The molecule has 0 spiro atoms. The quantitative estimate of drug-likeness (QED) is 0.115. The van der Waals surface area contributed by atoms with Crippen LogP contribution in [0, 0.1) is 11.8 Å². The van der Waals surface area contributed by atoms with Crippen LogP contribution in [0.4, 0.5) is 10.5 Å². The largest absolute Gasteiger partial charge is 0.446 e. The zero-order chi connectivity index (χ0) is 34.4. The standard InChI is InChI=1S/C40H53N3O6/c1-4-5-21-43(29-39(46-2)47-3)38(44)20-23-48-22-19-30-15-17-31(18-16-30)26-42-27-33-24-35(25-34(33)28-42)49-40(45)41-37-14-10-9-13-36(37)32-11-7-6-8-12-32/h6-18,33-35,39H,4-5,19-29H2,1-3H3,(H,41,45)/t33-,34?,35?/m0/s1. The van der Waals surface area contributed by atoms with E-state index in [2.05, 4.69) is 41.4 Å². The molecule has 2 aliphatic rings. The molecule has 1 saturated carbocycles. The van der Waals surface area contributed by atoms with Gasteiger partial charge in [0.15, 0.2) is 6.29 Å². The van der Waals surface area contributed by atoms with Crippen molar-refractivity contribution in [3.63, 3.8) is 0 Å². The monoisotopic (exact) mass is 671 g/mol. The Bertz CT molecular complexity index is 1430. The van der Waals surface area contributed by atoms with Gasteiger partial charge in [0, 0.05) is 46.0 Å². The number of hydrogen-bond donors (Lipinski definition) is 1. The predicted octanol–water partition coefficient (Wildman–Crippen LogP) is 7.01. The highest BCUT2D eigenvalue weighted by molar-refractivity contribution is 5.91. The van der Waals surface area contributed by atoms with Crippen LogP contribution < -0.4 is 5.32 Å². The van der Waals surface area contributed by atoms with Gasteiger partial charge in [0.1, 0.15) is 6.10 Å². The number of carbonyl (C=O) groups is 2. The maximum atomic E-state index is 12.9. The summed E-state index contributed by atoms with van der Waals surface area (Å²) in [5, 5.41) is 2.99. The molecule has 3 aromatic rings. The van der Waals surface area contributed by atoms with Crippen LogP contribution in [0.1, 0.15) is 50.2 Å². The molecule has 0 radical (unpaired) electrons. The minimum absolute atomic E-state index is 0.0423. The van der Waals surface area contributed by atoms with E-state index in [1.165, 1.54) is 11.1 Å². The molecule has 1 saturated heterocycles. The summed E-state index contributed by atoms with van der Waals surface area (Å²) in [6, 6.07) is 26.7. The number of amides is 2. The molecule has 5 rings (SSSR count). The Morgan fingerprint density at radius 3 is 2.24 bits per heavy atom. The number of benzene rings is 3. The number of unbranched alkanes of at least 4 members (excludes halogenated alkanes) is 1. The molecule has 3 atom stereocenters. The summed E-state index contributed by atoms with van der Waals surface area (Å²) in [5.41, 5.74) is 5.33. The van der Waals surface area contributed by atoms with Crippen molar-refractivity contribution in [2.45, 2.75) is 64.4 Å². The lowest BCUT2D eigenvalue weighted by atomic mass is 10.0. The van der Waals surface area contributed by atoms with E-state index in [0.717, 1.165) is 68.6 Å². The fourth-order valence-corrected chi connectivity index (χ4v) is 7.09. The predicted molar refractivity (Wildman–Crippen MR) is 192 cm³/mol. The second kappa shape index (κ2) is 18.9. The van der Waals surface area contributed by atoms with Crippen LogP contribution in [-0.4, -0.2) is 87.8 Å². The molecule has 1 aliphatic heterocycles. The molecule has 1 heterocycles. The highest BCUT2D eigenvalue weighted by Crippen LogP contribution is 2.40. The molecular formula is C40H53N3O6. The third-order valence-electron chi connectivity index (χ3n) is 9.76. The summed E-state index contributed by atoms with van der Waals surface area (Å²) in [4.78, 5) is 30.0. The molecule has 3 aromatic carbocycles. The minimum atomic E-state index is -0.420. The van der Waals surface area contributed by atoms with Gasteiger partial charge in [-0.25, -0.2) is 4.79 Å². The molecule has 2 amide bonds. The van der Waals surface area contributed by atoms with Crippen LogP contribution in [0.3, 0.4) is 0 Å². The van der Waals surface area contributed by atoms with Gasteiger partial charge in [0.2, 0.25) is 5.91 Å². The van der Waals surface area contributed by atoms with Gasteiger partial charge in [0.05, 0.1) is 31.9 Å². The van der Waals surface area contributed by atoms with E-state index in [-0.39, 0.29) is 18.1 Å². The SMILES string of the molecule is CCCCN(CC(OC)OC)C(=O)CCOCCc1ccc(CN2CC3CC(OC(=O)Nc4ccccc4-c4ccccc4)C[C@H]3C2)cc1. The molecule has 9 nitrogen and oxygen atoms in total. The van der Waals surface area contributed by atoms with E-state index in [4.69, 9.17) is 18.9 Å². The first-order valence-electron chi connectivity index (χ1n) is 17.8. The van der Waals surface area contributed by atoms with Crippen molar-refractivity contribution >= 4 is 17.7 Å². The van der Waals surface area contributed by atoms with Crippen molar-refractivity contribution in [2.24, 2.45) is 11.8 Å². The molecule has 9 heteroatoms. The molecule has 49 heavy (non-hydrogen) atoms. The fraction of sp³-hybridized carbons (Fsp3) is 0.500. The van der Waals surface area contributed by atoms with Crippen molar-refractivity contribution in [3.8, 4) is 11.1 Å². The number of ether oxygens (including phenoxy) is 4. The molecule has 1 aliphatic carbocycles. The lowest BCUT2D eigenvalue weighted by Crippen LogP contribution is -2.40. The third-order valence-corrected chi connectivity index (χ3v) is 9.76. The minimum Gasteiger partial charge on any atom is -0.446 e. The van der Waals surface area contributed by atoms with E-state index in [1.54, 1.807) is 14.2 Å². The second-order valence-corrected chi connectivity index (χ2v) is 13.3. The number of nitrogens with zero attached hydrogens (tertiary/aromatic N) is 2. The number of fused-ring (bicyclic) bond motifs is 1. The van der Waals surface area contributed by atoms with Crippen LogP contribution in [0.25, 0.3) is 11.1 Å². The van der Waals surface area contributed by atoms with Crippen LogP contribution in [0.5, 0.6) is 0 Å². The maximum absolute atomic E-state index is 12.9. The van der Waals surface area contributed by atoms with Gasteiger partial charge in [-0.3, -0.25) is 15.0 Å². The zero-order valence-electron chi connectivity index (χ0n) is 29.4. The number of carbonyl (C=O) groups excluding carboxylic acids is 2. The highest BCUT2D eigenvalue weighted by atomic mass is 16.7. The maximum Gasteiger partial charge on any atom is 0.411 e. The molecule has 1 N–H and O–H groups in total. The van der Waals surface area contributed by atoms with Gasteiger partial charge in [-0.2, -0.15) is 0 Å². The summed E-state index contributed by atoms with van der Waals surface area (Å²) >= 11 is 0. The number of para-hydroxylation sites is 1. The number of nitrogens with one attached hydrogen (secondary N) is 1. The van der Waals surface area contributed by atoms with Crippen molar-refractivity contribution in [3.05, 3.63) is 90.0 Å². The van der Waals surface area contributed by atoms with Crippen LogP contribution in [0.2, 0.25) is 0 Å². The van der Waals surface area contributed by atoms with Gasteiger partial charge in [-0.1, -0.05) is 86.1 Å². The highest BCUT2D eigenvalue weighted by Gasteiger charge is 2.42. The van der Waals surface area contributed by atoms with E-state index >= 15 is 0 Å². The first kappa shape index (κ1) is 36.5. The smallest absolute Gasteiger partial charge is 0.411 e. The van der Waals surface area contributed by atoms with Crippen molar-refractivity contribution in [2.75, 3.05) is 58.9 Å². The normalized spacial score (nSPS) is 18.8. The Labute approximate surface area is 291 Å². The van der Waals surface area contributed by atoms with Crippen LogP contribution in [0.15, 0.2) is 78.9 Å². The summed E-state index contributed by atoms with van der Waals surface area (Å²) in [6.07, 6.45) is 4.12. The van der Waals surface area contributed by atoms with Crippen LogP contribution >= 0.6 is 0 Å². The Morgan fingerprint density at radius 1 is 0.878 bits per heavy atom. The molecule has 2 unspecified atom stereocenters. The van der Waals surface area contributed by atoms with E-state index in [0.29, 0.717) is 44.6 Å². The van der Waals surface area contributed by atoms with Gasteiger partial charge in [-0.15, -0.1) is 0 Å². The Hall–Kier alpha value is -3.76. The van der Waals surface area contributed by atoms with Gasteiger partial charge in [-0.05, 0) is 60.3 Å². The van der Waals surface area contributed by atoms with Gasteiger partial charge in [0.25, 0.3) is 0 Å². The van der Waals surface area contributed by atoms with E-state index < -0.39 is 6.29 Å². The fourth-order valence-electron chi connectivity index (χ4n) is 7.09. The van der Waals surface area contributed by atoms with E-state index in [1.807, 2.05) is 59.5 Å². The first-order chi connectivity index (χ1) is 23.9. The zero-order valence-corrected chi connectivity index (χ0v) is 29.4. The average Bonchev–Trinajstić information content (AvgIpc) is 3.67. The molecule has 0 bridgehead atoms. The van der Waals surface area contributed by atoms with E-state index in [9.17, 15) is 9.59 Å². The third kappa shape index (κ3) is 10.9. The molecule has 2 fully saturated rings. The van der Waals surface area contributed by atoms with Crippen molar-refractivity contribution in [1.29, 1.82) is 0 Å². The number of methoxy groups -OCH3 is 2. The van der Waals surface area contributed by atoms with Crippen molar-refractivity contribution in [1.82, 2.24) is 9.80 Å². The molecular weight excluding hydrogens is 618 g/mol. The number of rotatable bonds is 18. The second-order valence-electron chi connectivity index (χ2n) is 13.3. The lowest BCUT2D eigenvalue weighted by Gasteiger charge is -2.26. The summed E-state index contributed by atoms with van der Waals surface area (Å²) < 4.78 is 22.3. The molecule has 0 aromatic heterocycles. The Kier molecular flexibility index (Phi) is 14.0. The van der Waals surface area contributed by atoms with Gasteiger partial charge < -0.3 is 23.8 Å². The topological polar surface area (TPSA) is 89.6 Å². The lowest BCUT2D eigenvalue weighted by molar-refractivity contribution is -0.146. The number of likely N-dealkylation sites (tertiary alicyclic amines) is 1. The summed E-state index contributed by atoms with van der Waals surface area (Å²) in [7, 11) is 3.18. The Balaban J connectivity index is 0.981. The van der Waals surface area contributed by atoms with Crippen molar-refractivity contribution < 1.29 is 28.5 Å². The molecule has 264 valence electrons.